The van der Waals surface area contributed by atoms with Crippen LogP contribution in [0.1, 0.15) is 45.7 Å². The largest absolute Gasteiger partial charge is 0.360 e. The van der Waals surface area contributed by atoms with Crippen LogP contribution in [0, 0.1) is 34.0 Å². The van der Waals surface area contributed by atoms with Gasteiger partial charge in [0.05, 0.1) is 57.7 Å². The highest BCUT2D eigenvalue weighted by atomic mass is 15.2. The Bertz CT molecular complexity index is 2730. The van der Waals surface area contributed by atoms with E-state index in [1.807, 2.05) is 54.6 Å². The normalized spacial score (nSPS) is 17.1. The van der Waals surface area contributed by atoms with Crippen molar-refractivity contribution >= 4 is 38.8 Å². The predicted molar refractivity (Wildman–Crippen MR) is 209 cm³/mol. The van der Waals surface area contributed by atoms with E-state index in [-0.39, 0.29) is 12.0 Å². The third kappa shape index (κ3) is 4.90. The van der Waals surface area contributed by atoms with Crippen molar-refractivity contribution in [3.8, 4) is 29.3 Å². The summed E-state index contributed by atoms with van der Waals surface area (Å²) in [6.07, 6.45) is 18.1. The Morgan fingerprint density at radius 2 is 1.44 bits per heavy atom. The van der Waals surface area contributed by atoms with Crippen molar-refractivity contribution in [2.75, 3.05) is 4.90 Å². The molecule has 0 amide bonds. The fourth-order valence-electron chi connectivity index (χ4n) is 8.26. The summed E-state index contributed by atoms with van der Waals surface area (Å²) in [5.41, 5.74) is 12.3. The van der Waals surface area contributed by atoms with Crippen molar-refractivity contribution in [2.45, 2.75) is 24.9 Å². The summed E-state index contributed by atoms with van der Waals surface area (Å²) in [6.45, 7) is 0.693. The smallest absolute Gasteiger partial charge is 0.0998 e. The molecule has 2 heterocycles. The zero-order chi connectivity index (χ0) is 35.2. The lowest BCUT2D eigenvalue weighted by atomic mass is 9.88. The van der Waals surface area contributed by atoms with Gasteiger partial charge in [-0.05, 0) is 71.7 Å². The van der Waals surface area contributed by atoms with Crippen LogP contribution in [0.25, 0.3) is 44.2 Å². The molecule has 0 bridgehead atoms. The van der Waals surface area contributed by atoms with E-state index in [2.05, 4.69) is 125 Å². The first-order valence-corrected chi connectivity index (χ1v) is 17.5. The van der Waals surface area contributed by atoms with Gasteiger partial charge in [0.1, 0.15) is 0 Å². The van der Waals surface area contributed by atoms with Crippen LogP contribution in [-0.4, -0.2) is 10.6 Å². The van der Waals surface area contributed by atoms with Crippen LogP contribution >= 0.6 is 0 Å². The molecule has 0 spiro atoms. The minimum absolute atomic E-state index is 0.146. The van der Waals surface area contributed by atoms with Crippen LogP contribution in [0.5, 0.6) is 0 Å². The number of anilines is 1. The minimum Gasteiger partial charge on any atom is -0.360 e. The average Bonchev–Trinajstić information content (AvgIpc) is 3.57. The molecule has 0 saturated heterocycles. The Balaban J connectivity index is 1.16. The molecule has 0 fully saturated rings. The van der Waals surface area contributed by atoms with Crippen molar-refractivity contribution in [3.05, 3.63) is 185 Å². The molecule has 9 rings (SSSR count). The van der Waals surface area contributed by atoms with Crippen LogP contribution in [0.3, 0.4) is 0 Å². The third-order valence-corrected chi connectivity index (χ3v) is 10.5. The summed E-state index contributed by atoms with van der Waals surface area (Å²) in [5, 5.41) is 32.2. The van der Waals surface area contributed by atoms with Gasteiger partial charge in [-0.25, -0.2) is 0 Å². The van der Waals surface area contributed by atoms with Gasteiger partial charge in [-0.1, -0.05) is 103 Å². The van der Waals surface area contributed by atoms with Crippen LogP contribution < -0.4 is 4.90 Å². The Morgan fingerprint density at radius 1 is 0.673 bits per heavy atom. The maximum absolute atomic E-state index is 10.5. The van der Waals surface area contributed by atoms with E-state index < -0.39 is 0 Å². The number of allylic oxidation sites excluding steroid dienone is 8. The van der Waals surface area contributed by atoms with Gasteiger partial charge in [-0.3, -0.25) is 0 Å². The van der Waals surface area contributed by atoms with Crippen LogP contribution in [0.2, 0.25) is 0 Å². The minimum atomic E-state index is 0.146. The number of nitrogens with zero attached hydrogens (tertiary/aromatic N) is 5. The van der Waals surface area contributed by atoms with Crippen LogP contribution in [0.15, 0.2) is 152 Å². The third-order valence-electron chi connectivity index (χ3n) is 10.5. The van der Waals surface area contributed by atoms with E-state index in [0.29, 0.717) is 17.7 Å². The summed E-state index contributed by atoms with van der Waals surface area (Å²) in [4.78, 5) is 2.40. The molecule has 1 aromatic heterocycles. The summed E-state index contributed by atoms with van der Waals surface area (Å²) in [6, 6.07) is 42.1. The van der Waals surface area contributed by atoms with Gasteiger partial charge < -0.3 is 9.47 Å². The first-order valence-electron chi connectivity index (χ1n) is 17.5. The highest BCUT2D eigenvalue weighted by Gasteiger charge is 2.38. The average molecular weight is 666 g/mol. The maximum Gasteiger partial charge on any atom is 0.0998 e. The molecule has 0 N–H and O–H groups in total. The van der Waals surface area contributed by atoms with E-state index in [1.165, 1.54) is 0 Å². The number of benzene rings is 5. The molecule has 2 aliphatic carbocycles. The van der Waals surface area contributed by atoms with E-state index in [4.69, 9.17) is 0 Å². The number of hydrogen-bond donors (Lipinski definition) is 0. The number of aromatic nitrogens is 1. The van der Waals surface area contributed by atoms with Crippen molar-refractivity contribution in [3.63, 3.8) is 0 Å². The lowest BCUT2D eigenvalue weighted by molar-refractivity contribution is 0.672. The molecule has 52 heavy (non-hydrogen) atoms. The predicted octanol–water partition coefficient (Wildman–Crippen LogP) is 10.6. The van der Waals surface area contributed by atoms with Gasteiger partial charge >= 0.3 is 0 Å². The Kier molecular flexibility index (Phi) is 7.51. The summed E-state index contributed by atoms with van der Waals surface area (Å²) in [5.74, 6) is 0.146. The van der Waals surface area contributed by atoms with Gasteiger partial charge in [0, 0.05) is 45.6 Å². The molecule has 2 atom stereocenters. The Morgan fingerprint density at radius 3 is 2.29 bits per heavy atom. The second kappa shape index (κ2) is 12.6. The van der Waals surface area contributed by atoms with Gasteiger partial charge in [-0.2, -0.15) is 15.8 Å². The van der Waals surface area contributed by atoms with Gasteiger partial charge in [-0.15, -0.1) is 0 Å². The molecule has 0 radical (unpaired) electrons. The summed E-state index contributed by atoms with van der Waals surface area (Å²) < 4.78 is 2.28. The highest BCUT2D eigenvalue weighted by molar-refractivity contribution is 6.13. The Labute approximate surface area is 302 Å². The van der Waals surface area contributed by atoms with Crippen molar-refractivity contribution in [1.82, 2.24) is 4.57 Å². The van der Waals surface area contributed by atoms with Crippen LogP contribution in [-0.2, 0) is 6.54 Å². The van der Waals surface area contributed by atoms with E-state index in [1.54, 1.807) is 0 Å². The van der Waals surface area contributed by atoms with Gasteiger partial charge in [0.2, 0.25) is 0 Å². The molecular weight excluding hydrogens is 635 g/mol. The lowest BCUT2D eigenvalue weighted by Crippen LogP contribution is -2.32. The standard InChI is InChI=1S/C47H31N5/c48-27-32-22-25-44-40(26-32)37-13-4-7-18-43(37)52(44)42-17-3-1-2-12-36(42)38-15-8-10-34(28-49)46(38)33-23-20-31(21-24-33)30-51-41-16-6-5-14-39(41)47-35(29-50)11-9-19-45(47)51/h2-26,39,41H,1,30H2. The summed E-state index contributed by atoms with van der Waals surface area (Å²) in [7, 11) is 0. The summed E-state index contributed by atoms with van der Waals surface area (Å²) >= 11 is 0. The second-order valence-electron chi connectivity index (χ2n) is 13.3. The molecule has 5 nitrogen and oxygen atoms in total. The second-order valence-corrected chi connectivity index (χ2v) is 13.3. The number of rotatable bonds is 5. The fourth-order valence-corrected chi connectivity index (χ4v) is 8.26. The molecular formula is C47H31N5. The van der Waals surface area contributed by atoms with E-state index in [0.717, 1.165) is 78.6 Å². The monoisotopic (exact) mass is 665 g/mol. The molecule has 1 aliphatic heterocycles. The van der Waals surface area contributed by atoms with E-state index in [9.17, 15) is 15.8 Å². The fraction of sp³-hybridized carbons (Fsp3) is 0.0851. The number of fused-ring (bicyclic) bond motifs is 6. The zero-order valence-corrected chi connectivity index (χ0v) is 28.2. The molecule has 244 valence electrons. The zero-order valence-electron chi connectivity index (χ0n) is 28.2. The number of nitriles is 3. The molecule has 6 aromatic rings. The molecule has 0 saturated carbocycles. The van der Waals surface area contributed by atoms with Crippen molar-refractivity contribution in [2.24, 2.45) is 0 Å². The SMILES string of the molecule is N#Cc1ccc2c(c1)c1ccccc1n2C1=C(c2cccc(C#N)c2-c2ccc(CN3c4cccc(C#N)c4C4C=CC=CC43)cc2)C=CCC=C1. The number of hydrogen-bond acceptors (Lipinski definition) is 4. The maximum atomic E-state index is 10.5. The van der Waals surface area contributed by atoms with Gasteiger partial charge in [0.15, 0.2) is 0 Å². The van der Waals surface area contributed by atoms with Crippen LogP contribution in [0.4, 0.5) is 5.69 Å². The molecule has 3 aliphatic rings. The van der Waals surface area contributed by atoms with E-state index >= 15 is 0 Å². The highest BCUT2D eigenvalue weighted by Crippen LogP contribution is 2.46. The van der Waals surface area contributed by atoms with Crippen molar-refractivity contribution in [1.29, 1.82) is 15.8 Å². The topological polar surface area (TPSA) is 79.5 Å². The molecule has 5 heteroatoms. The lowest BCUT2D eigenvalue weighted by Gasteiger charge is -2.28. The first kappa shape index (κ1) is 30.9. The Hall–Kier alpha value is -7.13. The molecule has 5 aromatic carbocycles. The van der Waals surface area contributed by atoms with Crippen molar-refractivity contribution < 1.29 is 0 Å². The first-order chi connectivity index (χ1) is 25.7. The quantitative estimate of drug-likeness (QED) is 0.184. The van der Waals surface area contributed by atoms with Gasteiger partial charge in [0.25, 0.3) is 0 Å². The molecule has 2 unspecified atom stereocenters. The number of para-hydroxylation sites is 1.